The second kappa shape index (κ2) is 36.2. The maximum absolute atomic E-state index is 12.6. The van der Waals surface area contributed by atoms with E-state index < -0.39 is 32.5 Å². The van der Waals surface area contributed by atoms with E-state index in [2.05, 4.69) is 98.9 Å². The van der Waals surface area contributed by atoms with E-state index in [9.17, 15) is 19.0 Å². The van der Waals surface area contributed by atoms with Crippen molar-refractivity contribution in [1.29, 1.82) is 0 Å². The monoisotopic (exact) mass is 801 g/mol. The Labute approximate surface area is 338 Å². The topological polar surface area (TPSA) is 147 Å². The van der Waals surface area contributed by atoms with E-state index in [0.29, 0.717) is 25.7 Å². The summed E-state index contributed by atoms with van der Waals surface area (Å²) in [6.07, 6.45) is 49.0. The van der Waals surface area contributed by atoms with Gasteiger partial charge in [0, 0.05) is 19.4 Å². The largest absolute Gasteiger partial charge is 0.472 e. The van der Waals surface area contributed by atoms with Crippen molar-refractivity contribution in [3.05, 3.63) is 97.2 Å². The highest BCUT2D eigenvalue weighted by molar-refractivity contribution is 7.47. The van der Waals surface area contributed by atoms with Crippen molar-refractivity contribution < 1.29 is 42.3 Å². The van der Waals surface area contributed by atoms with Crippen LogP contribution in [0.15, 0.2) is 97.2 Å². The molecule has 0 saturated carbocycles. The van der Waals surface area contributed by atoms with E-state index >= 15 is 0 Å². The highest BCUT2D eigenvalue weighted by Crippen LogP contribution is 2.43. The highest BCUT2D eigenvalue weighted by Gasteiger charge is 2.36. The first-order valence-electron chi connectivity index (χ1n) is 20.8. The highest BCUT2D eigenvalue weighted by atomic mass is 31.2. The van der Waals surface area contributed by atoms with Crippen LogP contribution in [0, 0.1) is 0 Å². The molecule has 316 valence electrons. The van der Waals surface area contributed by atoms with Crippen LogP contribution >= 0.6 is 7.82 Å². The number of esters is 2. The number of phosphoric acid groups is 1. The number of unbranched alkanes of at least 4 members (excludes halogenated alkanes) is 5. The Kier molecular flexibility index (Phi) is 33.0. The van der Waals surface area contributed by atoms with Gasteiger partial charge in [-0.15, -0.1) is 0 Å². The molecule has 3 unspecified atom stereocenters. The van der Waals surface area contributed by atoms with Crippen LogP contribution in [-0.2, 0) is 37.4 Å². The quantitative estimate of drug-likeness (QED) is 0.0206. The molecule has 1 aliphatic heterocycles. The first-order valence-corrected chi connectivity index (χ1v) is 22.3. The molecule has 1 rings (SSSR count). The number of epoxide rings is 1. The van der Waals surface area contributed by atoms with Crippen molar-refractivity contribution in [2.75, 3.05) is 26.4 Å². The van der Waals surface area contributed by atoms with Crippen LogP contribution in [0.2, 0.25) is 0 Å². The molecular weight excluding hydrogens is 729 g/mol. The van der Waals surface area contributed by atoms with Gasteiger partial charge in [0.2, 0.25) is 0 Å². The average Bonchev–Trinajstić information content (AvgIpc) is 3.94. The SMILES string of the molecule is CC/C=C\C/C=C\C/C=C\C/C=C\C/C=C\CCCC(=O)O[C@H](COC(=O)CCC/C=C\CC1OC1C/C=C\C/C=C\CCCCC)COP(=O)(O)OCCN. The molecule has 10 nitrogen and oxygen atoms in total. The molecule has 0 aliphatic carbocycles. The van der Waals surface area contributed by atoms with E-state index in [1.165, 1.54) is 19.3 Å². The van der Waals surface area contributed by atoms with Gasteiger partial charge in [-0.05, 0) is 89.9 Å². The maximum Gasteiger partial charge on any atom is 0.472 e. The number of carbonyl (C=O) groups is 2. The molecule has 0 aromatic carbocycles. The number of hydrogen-bond donors (Lipinski definition) is 2. The van der Waals surface area contributed by atoms with Gasteiger partial charge in [-0.3, -0.25) is 18.6 Å². The van der Waals surface area contributed by atoms with Gasteiger partial charge in [-0.2, -0.15) is 0 Å². The number of carbonyl (C=O) groups excluding carboxylic acids is 2. The van der Waals surface area contributed by atoms with E-state index in [0.717, 1.165) is 57.8 Å². The van der Waals surface area contributed by atoms with Gasteiger partial charge in [-0.25, -0.2) is 4.57 Å². The minimum atomic E-state index is -4.42. The lowest BCUT2D eigenvalue weighted by molar-refractivity contribution is -0.161. The molecular formula is C45H72NO9P. The third kappa shape index (κ3) is 33.1. The summed E-state index contributed by atoms with van der Waals surface area (Å²) >= 11 is 0. The number of hydrogen-bond acceptors (Lipinski definition) is 9. The van der Waals surface area contributed by atoms with Crippen LogP contribution in [0.3, 0.4) is 0 Å². The third-order valence-corrected chi connectivity index (χ3v) is 9.34. The first-order chi connectivity index (χ1) is 27.3. The zero-order chi connectivity index (χ0) is 40.8. The lowest BCUT2D eigenvalue weighted by Gasteiger charge is -2.19. The summed E-state index contributed by atoms with van der Waals surface area (Å²) in [6, 6.07) is 0. The van der Waals surface area contributed by atoms with Crippen LogP contribution in [0.1, 0.15) is 129 Å². The number of nitrogens with two attached hydrogens (primary N) is 1. The van der Waals surface area contributed by atoms with E-state index in [4.69, 9.17) is 29.0 Å². The van der Waals surface area contributed by atoms with Crippen LogP contribution < -0.4 is 5.73 Å². The molecule has 0 radical (unpaired) electrons. The molecule has 0 spiro atoms. The van der Waals surface area contributed by atoms with Crippen LogP contribution in [-0.4, -0.2) is 61.5 Å². The summed E-state index contributed by atoms with van der Waals surface area (Å²) in [6.45, 7) is 3.41. The fourth-order valence-corrected chi connectivity index (χ4v) is 5.94. The second-order valence-electron chi connectivity index (χ2n) is 13.5. The minimum Gasteiger partial charge on any atom is -0.462 e. The molecule has 1 saturated heterocycles. The number of phosphoric ester groups is 1. The summed E-state index contributed by atoms with van der Waals surface area (Å²) in [7, 11) is -4.42. The van der Waals surface area contributed by atoms with Gasteiger partial charge >= 0.3 is 19.8 Å². The molecule has 3 N–H and O–H groups in total. The van der Waals surface area contributed by atoms with E-state index in [1.807, 2.05) is 12.2 Å². The fourth-order valence-electron chi connectivity index (χ4n) is 5.17. The molecule has 4 atom stereocenters. The molecule has 0 amide bonds. The molecule has 56 heavy (non-hydrogen) atoms. The summed E-state index contributed by atoms with van der Waals surface area (Å²) in [4.78, 5) is 34.9. The van der Waals surface area contributed by atoms with Crippen molar-refractivity contribution in [1.82, 2.24) is 0 Å². The summed E-state index contributed by atoms with van der Waals surface area (Å²) in [5.74, 6) is -0.983. The van der Waals surface area contributed by atoms with Gasteiger partial charge in [0.05, 0.1) is 25.4 Å². The lowest BCUT2D eigenvalue weighted by atomic mass is 10.1. The molecule has 0 aromatic heterocycles. The Morgan fingerprint density at radius 2 is 1.12 bits per heavy atom. The molecule has 0 aromatic rings. The third-order valence-electron chi connectivity index (χ3n) is 8.36. The summed E-state index contributed by atoms with van der Waals surface area (Å²) in [5.41, 5.74) is 5.34. The van der Waals surface area contributed by atoms with Crippen LogP contribution in [0.4, 0.5) is 0 Å². The number of allylic oxidation sites excluding steroid dienone is 14. The number of ether oxygens (including phenoxy) is 3. The Morgan fingerprint density at radius 3 is 1.68 bits per heavy atom. The zero-order valence-corrected chi connectivity index (χ0v) is 35.2. The van der Waals surface area contributed by atoms with Gasteiger partial charge < -0.3 is 24.8 Å². The van der Waals surface area contributed by atoms with Gasteiger partial charge in [-0.1, -0.05) is 124 Å². The van der Waals surface area contributed by atoms with Crippen molar-refractivity contribution in [2.24, 2.45) is 5.73 Å². The molecule has 1 fully saturated rings. The Bertz CT molecular complexity index is 1300. The van der Waals surface area contributed by atoms with E-state index in [-0.39, 0.29) is 44.8 Å². The second-order valence-corrected chi connectivity index (χ2v) is 15.0. The molecule has 1 aliphatic rings. The Hall–Kier alpha value is -3.11. The Morgan fingerprint density at radius 1 is 0.643 bits per heavy atom. The van der Waals surface area contributed by atoms with Crippen molar-refractivity contribution >= 4 is 19.8 Å². The summed E-state index contributed by atoms with van der Waals surface area (Å²) < 4.78 is 38.4. The molecule has 0 bridgehead atoms. The lowest BCUT2D eigenvalue weighted by Crippen LogP contribution is -2.29. The molecule has 1 heterocycles. The predicted octanol–water partition coefficient (Wildman–Crippen LogP) is 10.8. The summed E-state index contributed by atoms with van der Waals surface area (Å²) in [5, 5.41) is 0. The van der Waals surface area contributed by atoms with Crippen molar-refractivity contribution in [3.8, 4) is 0 Å². The van der Waals surface area contributed by atoms with Crippen LogP contribution in [0.5, 0.6) is 0 Å². The fraction of sp³-hybridized carbons (Fsp3) is 0.600. The predicted molar refractivity (Wildman–Crippen MR) is 228 cm³/mol. The zero-order valence-electron chi connectivity index (χ0n) is 34.3. The first kappa shape index (κ1) is 50.9. The number of rotatable bonds is 36. The van der Waals surface area contributed by atoms with Crippen LogP contribution in [0.25, 0.3) is 0 Å². The van der Waals surface area contributed by atoms with E-state index in [1.54, 1.807) is 0 Å². The Balaban J connectivity index is 2.30. The van der Waals surface area contributed by atoms with Crippen molar-refractivity contribution in [2.45, 2.75) is 148 Å². The minimum absolute atomic E-state index is 0.0288. The normalized spacial score (nSPS) is 17.9. The van der Waals surface area contributed by atoms with Gasteiger partial charge in [0.25, 0.3) is 0 Å². The van der Waals surface area contributed by atoms with Crippen molar-refractivity contribution in [3.63, 3.8) is 0 Å². The average molecular weight is 802 g/mol. The standard InChI is InChI=1S/C45H72NO9P/c1-3-5-7-9-11-13-14-15-16-17-18-19-20-22-24-26-32-36-45(48)54-41(40-53-56(49,50)52-38-37-46)39-51-44(47)35-31-28-27-30-34-43-42(55-43)33-29-25-23-21-12-10-8-6-4-2/h5,7,11-13,15-16,18-19,21-22,24-25,27,29-30,41-43H,3-4,6,8-10,14,17,20,23,26,28,31-40,46H2,1-2H3,(H,49,50)/b7-5-,13-11-,16-15-,19-18-,21-12-,24-22-,29-25-,30-27-/t41-,42?,43?/m1/s1. The smallest absolute Gasteiger partial charge is 0.462 e. The molecule has 11 heteroatoms. The van der Waals surface area contributed by atoms with Gasteiger partial charge in [0.15, 0.2) is 6.10 Å². The van der Waals surface area contributed by atoms with Gasteiger partial charge in [0.1, 0.15) is 6.61 Å². The maximum atomic E-state index is 12.6.